The maximum atomic E-state index is 12.1. The summed E-state index contributed by atoms with van der Waals surface area (Å²) in [7, 11) is 0. The zero-order valence-electron chi connectivity index (χ0n) is 13.6. The first-order valence-electron chi connectivity index (χ1n) is 6.12. The van der Waals surface area contributed by atoms with E-state index < -0.39 is 22.7 Å². The third-order valence-corrected chi connectivity index (χ3v) is 3.17. The molecule has 0 amide bonds. The second kappa shape index (κ2) is 6.32. The number of fused-ring (bicyclic) bond motifs is 1. The van der Waals surface area contributed by atoms with Crippen LogP contribution in [0.1, 0.15) is 2.85 Å². The Morgan fingerprint density at radius 1 is 0.870 bits per heavy atom. The number of rotatable bonds is 1. The van der Waals surface area contributed by atoms with Gasteiger partial charge in [-0.05, 0) is 18.2 Å². The van der Waals surface area contributed by atoms with Crippen LogP contribution in [0.5, 0.6) is 28.7 Å². The van der Waals surface area contributed by atoms with Gasteiger partial charge in [0.1, 0.15) is 22.5 Å². The Hall–Kier alpha value is -1.87. The monoisotopic (exact) mass is 392 g/mol. The third-order valence-electron chi connectivity index (χ3n) is 3.17. The maximum Gasteiger partial charge on any atom is 2.00 e. The molecule has 0 aliphatic heterocycles. The van der Waals surface area contributed by atoms with Crippen molar-refractivity contribution in [3.8, 4) is 40.1 Å². The SMILES string of the molecule is O=c1c(O)c(-c2ccc(O)c(O)c2)oc2cc(O)cc(O)c12.[H-].[H-].[Sr+2]. The summed E-state index contributed by atoms with van der Waals surface area (Å²) in [5, 5.41) is 47.6. The van der Waals surface area contributed by atoms with Gasteiger partial charge < -0.3 is 32.8 Å². The molecule has 0 fully saturated rings. The van der Waals surface area contributed by atoms with Crippen molar-refractivity contribution in [3.63, 3.8) is 0 Å². The summed E-state index contributed by atoms with van der Waals surface area (Å²) < 4.78 is 5.35. The standard InChI is InChI=1S/C15H10O7.Sr.2H/c16-7-4-10(19)12-11(5-7)22-15(14(21)13(12)20)6-1-2-8(17)9(18)3-6;;;/h1-5,16-19,21H;;;/q;+2;2*-1. The molecule has 7 nitrogen and oxygen atoms in total. The van der Waals surface area contributed by atoms with Crippen LogP contribution in [0, 0.1) is 0 Å². The quantitative estimate of drug-likeness (QED) is 0.316. The fraction of sp³-hybridized carbons (Fsp3) is 0. The Balaban J connectivity index is 0.00000192. The predicted octanol–water partition coefficient (Wildman–Crippen LogP) is 1.83. The molecule has 23 heavy (non-hydrogen) atoms. The normalized spacial score (nSPS) is 10.4. The van der Waals surface area contributed by atoms with Crippen molar-refractivity contribution in [2.24, 2.45) is 0 Å². The first kappa shape index (κ1) is 17.5. The summed E-state index contributed by atoms with van der Waals surface area (Å²) in [5.41, 5.74) is -0.890. The van der Waals surface area contributed by atoms with Crippen LogP contribution in [-0.2, 0) is 0 Å². The van der Waals surface area contributed by atoms with Crippen LogP contribution >= 0.6 is 0 Å². The van der Waals surface area contributed by atoms with Gasteiger partial charge in [-0.1, -0.05) is 0 Å². The number of phenols is 4. The first-order valence-corrected chi connectivity index (χ1v) is 6.12. The minimum atomic E-state index is -0.888. The van der Waals surface area contributed by atoms with Gasteiger partial charge in [-0.2, -0.15) is 0 Å². The Kier molecular flexibility index (Phi) is 4.81. The van der Waals surface area contributed by atoms with Gasteiger partial charge >= 0.3 is 45.5 Å². The van der Waals surface area contributed by atoms with Crippen LogP contribution in [-0.4, -0.2) is 71.0 Å². The van der Waals surface area contributed by atoms with Crippen LogP contribution in [0.25, 0.3) is 22.3 Å². The van der Waals surface area contributed by atoms with Crippen LogP contribution < -0.4 is 5.43 Å². The Morgan fingerprint density at radius 3 is 2.22 bits per heavy atom. The van der Waals surface area contributed by atoms with E-state index in [1.165, 1.54) is 6.07 Å². The molecule has 0 radical (unpaired) electrons. The number of hydrogen-bond donors (Lipinski definition) is 5. The van der Waals surface area contributed by atoms with E-state index >= 15 is 0 Å². The van der Waals surface area contributed by atoms with E-state index in [2.05, 4.69) is 0 Å². The van der Waals surface area contributed by atoms with Gasteiger partial charge in [0.2, 0.25) is 11.2 Å². The number of phenolic OH excluding ortho intramolecular Hbond substituents is 4. The van der Waals surface area contributed by atoms with Gasteiger partial charge in [0.25, 0.3) is 0 Å². The molecule has 0 saturated heterocycles. The van der Waals surface area contributed by atoms with Crippen LogP contribution in [0.2, 0.25) is 0 Å². The minimum absolute atomic E-state index is 0. The van der Waals surface area contributed by atoms with Gasteiger partial charge in [-0.3, -0.25) is 4.79 Å². The molecule has 0 aliphatic carbocycles. The molecule has 1 heterocycles. The molecule has 3 aromatic rings. The van der Waals surface area contributed by atoms with E-state index in [1.54, 1.807) is 0 Å². The number of benzene rings is 2. The summed E-state index contributed by atoms with van der Waals surface area (Å²) in [6.45, 7) is 0. The molecule has 5 N–H and O–H groups in total. The van der Waals surface area contributed by atoms with Gasteiger partial charge in [0.15, 0.2) is 17.3 Å². The molecule has 8 heteroatoms. The van der Waals surface area contributed by atoms with Crippen molar-refractivity contribution in [1.29, 1.82) is 0 Å². The molecule has 116 valence electrons. The zero-order chi connectivity index (χ0) is 16.0. The van der Waals surface area contributed by atoms with Crippen molar-refractivity contribution in [1.82, 2.24) is 0 Å². The van der Waals surface area contributed by atoms with E-state index in [9.17, 15) is 30.3 Å². The summed E-state index contributed by atoms with van der Waals surface area (Å²) in [5.74, 6) is -2.71. The van der Waals surface area contributed by atoms with Crippen molar-refractivity contribution in [2.75, 3.05) is 0 Å². The van der Waals surface area contributed by atoms with Crippen LogP contribution in [0.3, 0.4) is 0 Å². The summed E-state index contributed by atoms with van der Waals surface area (Å²) in [4.78, 5) is 12.1. The third kappa shape index (κ3) is 2.98. The minimum Gasteiger partial charge on any atom is -1.00 e. The molecule has 0 bridgehead atoms. The van der Waals surface area contributed by atoms with Crippen molar-refractivity contribution < 1.29 is 32.8 Å². The van der Waals surface area contributed by atoms with E-state index in [0.29, 0.717) is 0 Å². The summed E-state index contributed by atoms with van der Waals surface area (Å²) in [6, 6.07) is 5.64. The van der Waals surface area contributed by atoms with Crippen molar-refractivity contribution in [3.05, 3.63) is 40.6 Å². The molecule has 0 spiro atoms. The largest absolute Gasteiger partial charge is 2.00 e. The van der Waals surface area contributed by atoms with E-state index in [-0.39, 0.29) is 82.1 Å². The van der Waals surface area contributed by atoms with Gasteiger partial charge in [-0.15, -0.1) is 0 Å². The number of hydrogen-bond acceptors (Lipinski definition) is 7. The molecule has 1 aromatic heterocycles. The summed E-state index contributed by atoms with van der Waals surface area (Å²) >= 11 is 0. The Morgan fingerprint density at radius 2 is 1.57 bits per heavy atom. The number of aromatic hydroxyl groups is 5. The summed E-state index contributed by atoms with van der Waals surface area (Å²) in [6.07, 6.45) is 0. The topological polar surface area (TPSA) is 131 Å². The predicted molar refractivity (Wildman–Crippen MR) is 84.2 cm³/mol. The second-order valence-electron chi connectivity index (χ2n) is 4.65. The smallest absolute Gasteiger partial charge is 1.00 e. The van der Waals surface area contributed by atoms with E-state index in [4.69, 9.17) is 4.42 Å². The molecule has 2 aromatic carbocycles. The Bertz CT molecular complexity index is 972. The molecule has 0 unspecified atom stereocenters. The van der Waals surface area contributed by atoms with Gasteiger partial charge in [-0.25, -0.2) is 0 Å². The van der Waals surface area contributed by atoms with Crippen LogP contribution in [0.4, 0.5) is 0 Å². The van der Waals surface area contributed by atoms with Gasteiger partial charge in [0.05, 0.1) is 0 Å². The molecule has 3 rings (SSSR count). The average Bonchev–Trinajstić information content (AvgIpc) is 2.45. The Labute approximate surface area is 168 Å². The van der Waals surface area contributed by atoms with Gasteiger partial charge in [0, 0.05) is 17.7 Å². The first-order chi connectivity index (χ1) is 10.4. The molecular weight excluding hydrogens is 380 g/mol. The molecular formula is C15H12O7Sr. The zero-order valence-corrected chi connectivity index (χ0v) is 15.1. The fourth-order valence-corrected chi connectivity index (χ4v) is 2.14. The molecule has 0 aliphatic rings. The van der Waals surface area contributed by atoms with Crippen molar-refractivity contribution >= 4 is 56.5 Å². The molecule has 0 saturated carbocycles. The fourth-order valence-electron chi connectivity index (χ4n) is 2.14. The maximum absolute atomic E-state index is 12.1. The van der Waals surface area contributed by atoms with E-state index in [0.717, 1.165) is 24.3 Å². The van der Waals surface area contributed by atoms with Crippen molar-refractivity contribution in [2.45, 2.75) is 0 Å². The second-order valence-corrected chi connectivity index (χ2v) is 4.65. The van der Waals surface area contributed by atoms with Crippen LogP contribution in [0.15, 0.2) is 39.5 Å². The van der Waals surface area contributed by atoms with E-state index in [1.807, 2.05) is 0 Å². The molecule has 0 atom stereocenters. The average molecular weight is 392 g/mol.